The molecule has 0 saturated heterocycles. The van der Waals surface area contributed by atoms with Gasteiger partial charge in [0.05, 0.1) is 11.4 Å². The van der Waals surface area contributed by atoms with Gasteiger partial charge in [0.25, 0.3) is 5.56 Å². The Bertz CT molecular complexity index is 1510. The standard InChI is InChI=1S/C22H17ClF2N6O4/c1-2-30-21(33)19(28-31(22(30)34)14-6-3-12(23)4-7-14)20-27-18(35-29-20)10-9-17(32)26-16-11-13(24)5-8-15(16)25/h3-8,11H,2,9-10H2,1H3,(H,26,32). The van der Waals surface area contributed by atoms with Gasteiger partial charge in [-0.3, -0.25) is 14.2 Å². The van der Waals surface area contributed by atoms with Crippen LogP contribution in [0.1, 0.15) is 19.2 Å². The van der Waals surface area contributed by atoms with Gasteiger partial charge in [0, 0.05) is 30.5 Å². The smallest absolute Gasteiger partial charge is 0.339 e. The van der Waals surface area contributed by atoms with Crippen LogP contribution in [0.15, 0.2) is 56.6 Å². The van der Waals surface area contributed by atoms with Gasteiger partial charge in [-0.15, -0.1) is 0 Å². The van der Waals surface area contributed by atoms with E-state index >= 15 is 0 Å². The SMILES string of the molecule is CCn1c(=O)c(-c2noc(CCC(=O)Nc3cc(F)ccc3F)n2)nn(-c2ccc(Cl)cc2)c1=O. The van der Waals surface area contributed by atoms with Gasteiger partial charge < -0.3 is 9.84 Å². The minimum Gasteiger partial charge on any atom is -0.339 e. The minimum atomic E-state index is -0.783. The van der Waals surface area contributed by atoms with Crippen molar-refractivity contribution >= 4 is 23.2 Å². The molecule has 2 aromatic carbocycles. The number of halogens is 3. The van der Waals surface area contributed by atoms with Crippen LogP contribution in [0.2, 0.25) is 5.02 Å². The van der Waals surface area contributed by atoms with E-state index in [9.17, 15) is 23.2 Å². The second kappa shape index (κ2) is 9.97. The van der Waals surface area contributed by atoms with Crippen molar-refractivity contribution in [1.29, 1.82) is 0 Å². The summed E-state index contributed by atoms with van der Waals surface area (Å²) in [6, 6.07) is 8.95. The Morgan fingerprint density at radius 3 is 2.60 bits per heavy atom. The Morgan fingerprint density at radius 2 is 1.89 bits per heavy atom. The average Bonchev–Trinajstić information content (AvgIpc) is 3.30. The second-order valence-corrected chi connectivity index (χ2v) is 7.69. The molecule has 0 spiro atoms. The number of carbonyl (C=O) groups excluding carboxylic acids is 1. The van der Waals surface area contributed by atoms with Gasteiger partial charge in [0.1, 0.15) is 11.6 Å². The van der Waals surface area contributed by atoms with Crippen molar-refractivity contribution < 1.29 is 18.1 Å². The first-order chi connectivity index (χ1) is 16.8. The maximum atomic E-state index is 13.7. The zero-order chi connectivity index (χ0) is 25.1. The molecule has 0 aliphatic heterocycles. The lowest BCUT2D eigenvalue weighted by Crippen LogP contribution is -2.41. The molecule has 4 rings (SSSR count). The predicted molar refractivity (Wildman–Crippen MR) is 121 cm³/mol. The van der Waals surface area contributed by atoms with Gasteiger partial charge >= 0.3 is 5.69 Å². The summed E-state index contributed by atoms with van der Waals surface area (Å²) >= 11 is 5.91. The van der Waals surface area contributed by atoms with Crippen molar-refractivity contribution in [2.75, 3.05) is 5.32 Å². The van der Waals surface area contributed by atoms with Gasteiger partial charge in [-0.25, -0.2) is 13.6 Å². The fourth-order valence-electron chi connectivity index (χ4n) is 3.16. The van der Waals surface area contributed by atoms with Crippen LogP contribution >= 0.6 is 11.6 Å². The summed E-state index contributed by atoms with van der Waals surface area (Å²) in [6.07, 6.45) is -0.233. The Hall–Kier alpha value is -4.19. The topological polar surface area (TPSA) is 125 Å². The number of aryl methyl sites for hydroxylation is 1. The molecule has 35 heavy (non-hydrogen) atoms. The van der Waals surface area contributed by atoms with Crippen LogP contribution in [-0.4, -0.2) is 30.4 Å². The van der Waals surface area contributed by atoms with Crippen molar-refractivity contribution in [3.63, 3.8) is 0 Å². The fraction of sp³-hybridized carbons (Fsp3) is 0.182. The molecule has 13 heteroatoms. The number of carbonyl (C=O) groups is 1. The number of nitrogens with zero attached hydrogens (tertiary/aromatic N) is 5. The molecule has 0 saturated carbocycles. The van der Waals surface area contributed by atoms with Crippen molar-refractivity contribution in [3.8, 4) is 17.2 Å². The van der Waals surface area contributed by atoms with Crippen LogP contribution < -0.4 is 16.6 Å². The van der Waals surface area contributed by atoms with Crippen molar-refractivity contribution in [1.82, 2.24) is 24.5 Å². The third kappa shape index (κ3) is 5.17. The van der Waals surface area contributed by atoms with Crippen molar-refractivity contribution in [3.05, 3.63) is 85.9 Å². The monoisotopic (exact) mass is 502 g/mol. The average molecular weight is 503 g/mol. The van der Waals surface area contributed by atoms with E-state index in [1.807, 2.05) is 0 Å². The Balaban J connectivity index is 1.57. The molecule has 10 nitrogen and oxygen atoms in total. The number of hydrogen-bond donors (Lipinski definition) is 1. The van der Waals surface area contributed by atoms with E-state index in [0.717, 1.165) is 27.4 Å². The van der Waals surface area contributed by atoms with Crippen LogP contribution in [0, 0.1) is 11.6 Å². The zero-order valence-corrected chi connectivity index (χ0v) is 18.9. The fourth-order valence-corrected chi connectivity index (χ4v) is 3.29. The molecule has 4 aromatic rings. The molecule has 0 aliphatic rings. The second-order valence-electron chi connectivity index (χ2n) is 7.25. The van der Waals surface area contributed by atoms with Gasteiger partial charge in [0.2, 0.25) is 17.6 Å². The lowest BCUT2D eigenvalue weighted by Gasteiger charge is -2.09. The molecule has 2 aromatic heterocycles. The number of rotatable bonds is 7. The number of aromatic nitrogens is 5. The van der Waals surface area contributed by atoms with Gasteiger partial charge in [-0.2, -0.15) is 14.8 Å². The minimum absolute atomic E-state index is 0.00311. The lowest BCUT2D eigenvalue weighted by atomic mass is 10.2. The van der Waals surface area contributed by atoms with E-state index in [1.165, 1.54) is 0 Å². The molecule has 2 heterocycles. The van der Waals surface area contributed by atoms with E-state index in [0.29, 0.717) is 10.7 Å². The summed E-state index contributed by atoms with van der Waals surface area (Å²) in [5, 5.41) is 10.6. The number of hydrogen-bond acceptors (Lipinski definition) is 7. The molecule has 1 N–H and O–H groups in total. The zero-order valence-electron chi connectivity index (χ0n) is 18.2. The van der Waals surface area contributed by atoms with Crippen molar-refractivity contribution in [2.24, 2.45) is 0 Å². The highest BCUT2D eigenvalue weighted by Crippen LogP contribution is 2.17. The van der Waals surface area contributed by atoms with E-state index in [-0.39, 0.29) is 42.5 Å². The summed E-state index contributed by atoms with van der Waals surface area (Å²) in [7, 11) is 0. The third-order valence-corrected chi connectivity index (χ3v) is 5.15. The highest BCUT2D eigenvalue weighted by molar-refractivity contribution is 6.30. The van der Waals surface area contributed by atoms with Gasteiger partial charge in [-0.05, 0) is 43.3 Å². The van der Waals surface area contributed by atoms with Crippen LogP contribution in [0.25, 0.3) is 17.2 Å². The number of benzene rings is 2. The molecule has 0 radical (unpaired) electrons. The first kappa shape index (κ1) is 24.0. The number of amides is 1. The first-order valence-electron chi connectivity index (χ1n) is 10.3. The molecular weight excluding hydrogens is 486 g/mol. The quantitative estimate of drug-likeness (QED) is 0.412. The van der Waals surface area contributed by atoms with Crippen LogP contribution in [0.5, 0.6) is 0 Å². The lowest BCUT2D eigenvalue weighted by molar-refractivity contribution is -0.116. The molecular formula is C22H17ClF2N6O4. The first-order valence-corrected chi connectivity index (χ1v) is 10.7. The molecule has 180 valence electrons. The largest absolute Gasteiger partial charge is 0.352 e. The van der Waals surface area contributed by atoms with Crippen LogP contribution in [-0.2, 0) is 17.8 Å². The van der Waals surface area contributed by atoms with Crippen LogP contribution in [0.4, 0.5) is 14.5 Å². The Morgan fingerprint density at radius 1 is 1.14 bits per heavy atom. The highest BCUT2D eigenvalue weighted by atomic mass is 35.5. The number of nitrogens with one attached hydrogen (secondary N) is 1. The summed E-state index contributed by atoms with van der Waals surface area (Å²) in [6.45, 7) is 1.70. The van der Waals surface area contributed by atoms with E-state index in [1.54, 1.807) is 31.2 Å². The van der Waals surface area contributed by atoms with Crippen molar-refractivity contribution in [2.45, 2.75) is 26.3 Å². The highest BCUT2D eigenvalue weighted by Gasteiger charge is 2.20. The number of anilines is 1. The summed E-state index contributed by atoms with van der Waals surface area (Å²) in [5.41, 5.74) is -1.53. The predicted octanol–water partition coefficient (Wildman–Crippen LogP) is 2.97. The van der Waals surface area contributed by atoms with Gasteiger partial charge in [0.15, 0.2) is 5.69 Å². The summed E-state index contributed by atoms with van der Waals surface area (Å²) < 4.78 is 34.1. The summed E-state index contributed by atoms with van der Waals surface area (Å²) in [4.78, 5) is 41.8. The van der Waals surface area contributed by atoms with E-state index in [4.69, 9.17) is 16.1 Å². The van der Waals surface area contributed by atoms with E-state index in [2.05, 4.69) is 20.6 Å². The van der Waals surface area contributed by atoms with Crippen LogP contribution in [0.3, 0.4) is 0 Å². The molecule has 0 aliphatic carbocycles. The van der Waals surface area contributed by atoms with Gasteiger partial charge in [-0.1, -0.05) is 16.8 Å². The molecule has 1 amide bonds. The molecule has 0 unspecified atom stereocenters. The normalized spacial score (nSPS) is 11.0. The molecule has 0 fully saturated rings. The Kier molecular flexibility index (Phi) is 6.82. The Labute approximate surface area is 200 Å². The maximum Gasteiger partial charge on any atom is 0.352 e. The summed E-state index contributed by atoms with van der Waals surface area (Å²) in [5.74, 6) is -2.27. The third-order valence-electron chi connectivity index (χ3n) is 4.90. The maximum absolute atomic E-state index is 13.7. The molecule has 0 atom stereocenters. The van der Waals surface area contributed by atoms with E-state index < -0.39 is 28.8 Å². The molecule has 0 bridgehead atoms.